The minimum atomic E-state index is -4.73. The van der Waals surface area contributed by atoms with Gasteiger partial charge in [0, 0.05) is 12.1 Å². The van der Waals surface area contributed by atoms with Gasteiger partial charge in [0.1, 0.15) is 17.7 Å². The number of rotatable bonds is 9. The number of anilines is 1. The smallest absolute Gasteiger partial charge is 0.416 e. The second-order valence-electron chi connectivity index (χ2n) is 11.6. The normalized spacial score (nSPS) is 18.1. The molecule has 5 rings (SSSR count). The largest absolute Gasteiger partial charge is 0.486 e. The number of carbonyl (C=O) groups is 1. The average molecular weight is 695 g/mol. The molecule has 1 fully saturated rings. The fraction of sp³-hybridized carbons (Fsp3) is 0.382. The number of piperidine rings is 1. The van der Waals surface area contributed by atoms with Crippen LogP contribution in [0.15, 0.2) is 65.6 Å². The van der Waals surface area contributed by atoms with E-state index in [0.717, 1.165) is 22.5 Å². The summed E-state index contributed by atoms with van der Waals surface area (Å²) in [6.45, 7) is 5.53. The molecule has 0 aromatic heterocycles. The molecule has 0 amide bonds. The van der Waals surface area contributed by atoms with Crippen molar-refractivity contribution in [3.8, 4) is 5.75 Å². The Morgan fingerprint density at radius 3 is 2.49 bits per heavy atom. The minimum absolute atomic E-state index is 0.143. The highest BCUT2D eigenvalue weighted by molar-refractivity contribution is 7.92. The predicted octanol–water partition coefficient (Wildman–Crippen LogP) is 7.68. The van der Waals surface area contributed by atoms with Crippen LogP contribution in [-0.4, -0.2) is 58.2 Å². The second-order valence-corrected chi connectivity index (χ2v) is 13.9. The molecule has 1 atom stereocenters. The molecule has 252 valence electrons. The van der Waals surface area contributed by atoms with Gasteiger partial charge < -0.3 is 14.4 Å². The van der Waals surface area contributed by atoms with Crippen molar-refractivity contribution < 1.29 is 40.2 Å². The van der Waals surface area contributed by atoms with Crippen LogP contribution in [0.2, 0.25) is 5.02 Å². The zero-order valence-electron chi connectivity index (χ0n) is 25.9. The van der Waals surface area contributed by atoms with Gasteiger partial charge in [0.25, 0.3) is 10.0 Å². The van der Waals surface area contributed by atoms with Crippen molar-refractivity contribution in [3.05, 3.63) is 88.2 Å². The van der Waals surface area contributed by atoms with Crippen molar-refractivity contribution in [3.63, 3.8) is 0 Å². The van der Waals surface area contributed by atoms with E-state index in [2.05, 4.69) is 4.90 Å². The molecule has 3 aromatic rings. The first kappa shape index (κ1) is 34.7. The molecule has 2 aliphatic heterocycles. The number of hydrogen-bond donors (Lipinski definition) is 0. The highest BCUT2D eigenvalue weighted by Crippen LogP contribution is 2.40. The number of fused-ring (bicyclic) bond motifs is 1. The first-order valence-corrected chi connectivity index (χ1v) is 17.1. The maximum atomic E-state index is 14.6. The molecule has 3 aromatic carbocycles. The zero-order valence-corrected chi connectivity index (χ0v) is 27.5. The highest BCUT2D eigenvalue weighted by atomic mass is 35.5. The molecular formula is C34H35ClF4N2O5S. The lowest BCUT2D eigenvalue weighted by molar-refractivity contribution is -0.149. The van der Waals surface area contributed by atoms with Gasteiger partial charge in [-0.05, 0) is 99.8 Å². The number of hydrogen-bond acceptors (Lipinski definition) is 6. The maximum Gasteiger partial charge on any atom is 0.416 e. The second kappa shape index (κ2) is 14.2. The summed E-state index contributed by atoms with van der Waals surface area (Å²) >= 11 is 6.24. The van der Waals surface area contributed by atoms with Crippen molar-refractivity contribution >= 4 is 44.9 Å². The van der Waals surface area contributed by atoms with E-state index in [-0.39, 0.29) is 40.5 Å². The molecule has 0 spiro atoms. The lowest BCUT2D eigenvalue weighted by atomic mass is 9.97. The maximum absolute atomic E-state index is 14.6. The lowest BCUT2D eigenvalue weighted by Gasteiger charge is -2.37. The van der Waals surface area contributed by atoms with Crippen LogP contribution < -0.4 is 9.04 Å². The summed E-state index contributed by atoms with van der Waals surface area (Å²) in [5, 5.41) is 0.210. The number of esters is 1. The first-order chi connectivity index (χ1) is 22.3. The van der Waals surface area contributed by atoms with Gasteiger partial charge in [-0.3, -0.25) is 9.10 Å². The van der Waals surface area contributed by atoms with Crippen molar-refractivity contribution in [1.29, 1.82) is 0 Å². The summed E-state index contributed by atoms with van der Waals surface area (Å²) in [4.78, 5) is 13.8. The molecule has 47 heavy (non-hydrogen) atoms. The zero-order chi connectivity index (χ0) is 33.9. The monoisotopic (exact) mass is 694 g/mol. The molecule has 7 nitrogen and oxygen atoms in total. The quantitative estimate of drug-likeness (QED) is 0.130. The molecule has 0 N–H and O–H groups in total. The van der Waals surface area contributed by atoms with E-state index in [4.69, 9.17) is 21.1 Å². The molecule has 0 radical (unpaired) electrons. The Hall–Kier alpha value is -3.61. The van der Waals surface area contributed by atoms with Crippen LogP contribution in [0.4, 0.5) is 23.2 Å². The lowest BCUT2D eigenvalue weighted by Crippen LogP contribution is -2.45. The van der Waals surface area contributed by atoms with Crippen LogP contribution in [0.5, 0.6) is 5.75 Å². The molecule has 0 aliphatic carbocycles. The molecule has 1 saturated heterocycles. The molecule has 2 heterocycles. The number of halogens is 5. The first-order valence-electron chi connectivity index (χ1n) is 15.3. The number of carbonyl (C=O) groups excluding carboxylic acids is 1. The van der Waals surface area contributed by atoms with Crippen molar-refractivity contribution in [2.24, 2.45) is 5.92 Å². The summed E-state index contributed by atoms with van der Waals surface area (Å²) in [5.74, 6) is -0.625. The van der Waals surface area contributed by atoms with E-state index in [1.807, 2.05) is 0 Å². The van der Waals surface area contributed by atoms with Gasteiger partial charge in [-0.2, -0.15) is 13.2 Å². The molecule has 2 aliphatic rings. The van der Waals surface area contributed by atoms with E-state index >= 15 is 0 Å². The van der Waals surface area contributed by atoms with Crippen molar-refractivity contribution in [2.75, 3.05) is 37.1 Å². The Balaban J connectivity index is 1.44. The number of likely N-dealkylation sites (tertiary alicyclic amines) is 1. The molecule has 0 saturated carbocycles. The van der Waals surface area contributed by atoms with Gasteiger partial charge in [-0.25, -0.2) is 12.8 Å². The van der Waals surface area contributed by atoms with Gasteiger partial charge in [0.2, 0.25) is 0 Å². The van der Waals surface area contributed by atoms with E-state index in [1.165, 1.54) is 12.1 Å². The van der Waals surface area contributed by atoms with Crippen LogP contribution in [0.25, 0.3) is 11.6 Å². The number of ether oxygens (including phenoxy) is 2. The molecule has 13 heteroatoms. The van der Waals surface area contributed by atoms with Crippen LogP contribution in [0.1, 0.15) is 49.8 Å². The van der Waals surface area contributed by atoms with Crippen LogP contribution in [0, 0.1) is 11.7 Å². The highest BCUT2D eigenvalue weighted by Gasteiger charge is 2.37. The van der Waals surface area contributed by atoms with E-state index in [0.29, 0.717) is 62.7 Å². The van der Waals surface area contributed by atoms with E-state index in [1.54, 1.807) is 44.2 Å². The summed E-state index contributed by atoms with van der Waals surface area (Å²) in [6.07, 6.45) is -1.96. The number of alkyl halides is 3. The van der Waals surface area contributed by atoms with Crippen molar-refractivity contribution in [1.82, 2.24) is 4.90 Å². The third kappa shape index (κ3) is 7.93. The number of nitrogens with zero attached hydrogens (tertiary/aromatic N) is 2. The van der Waals surface area contributed by atoms with Crippen LogP contribution >= 0.6 is 11.6 Å². The molecule has 0 bridgehead atoms. The fourth-order valence-corrected chi connectivity index (χ4v) is 7.79. The van der Waals surface area contributed by atoms with Crippen molar-refractivity contribution in [2.45, 2.75) is 50.3 Å². The van der Waals surface area contributed by atoms with Gasteiger partial charge in [0.15, 0.2) is 0 Å². The summed E-state index contributed by atoms with van der Waals surface area (Å²) in [7, 11) is -4.48. The minimum Gasteiger partial charge on any atom is -0.486 e. The third-order valence-corrected chi connectivity index (χ3v) is 10.5. The Kier molecular flexibility index (Phi) is 10.5. The van der Waals surface area contributed by atoms with Gasteiger partial charge in [-0.1, -0.05) is 35.9 Å². The third-order valence-electron chi connectivity index (χ3n) is 8.38. The van der Waals surface area contributed by atoms with E-state index in [9.17, 15) is 30.8 Å². The summed E-state index contributed by atoms with van der Waals surface area (Å²) < 4.78 is 95.8. The molecular weight excluding hydrogens is 660 g/mol. The Bertz CT molecular complexity index is 1740. The standard InChI is InChI=1S/C34H35ClF4N2O5S/c1-3-45-33(42)24-12-15-40(16-13-24)17-14-26-21-41(47(43,44)27-7-4-6-25(20-27)34(37,38)39)30-19-23(10-11-31(30)46-26)18-22(2)32-28(35)8-5-9-29(32)36/h4-11,18-20,24,26H,3,12-17,21H2,1-2H3. The Morgan fingerprint density at radius 1 is 1.09 bits per heavy atom. The number of benzene rings is 3. The average Bonchev–Trinajstić information content (AvgIpc) is 3.03. The Morgan fingerprint density at radius 2 is 1.81 bits per heavy atom. The Labute approximate surface area is 276 Å². The molecule has 1 unspecified atom stereocenters. The SMILES string of the molecule is CCOC(=O)C1CCN(CCC2CN(S(=O)(=O)c3cccc(C(F)(F)F)c3)c3cc(C=C(C)c4c(F)cccc4Cl)ccc3O2)CC1. The number of sulfonamides is 1. The van der Waals surface area contributed by atoms with Gasteiger partial charge in [-0.15, -0.1) is 0 Å². The van der Waals surface area contributed by atoms with Gasteiger partial charge >= 0.3 is 12.1 Å². The van der Waals surface area contributed by atoms with Gasteiger partial charge in [0.05, 0.1) is 40.2 Å². The summed E-state index contributed by atoms with van der Waals surface area (Å²) in [6, 6.07) is 12.8. The fourth-order valence-electron chi connectivity index (χ4n) is 5.93. The topological polar surface area (TPSA) is 76.2 Å². The summed E-state index contributed by atoms with van der Waals surface area (Å²) in [5.41, 5.74) is 0.264. The van der Waals surface area contributed by atoms with Crippen LogP contribution in [-0.2, 0) is 25.7 Å². The number of allylic oxidation sites excluding steroid dienone is 1. The van der Waals surface area contributed by atoms with E-state index < -0.39 is 38.6 Å². The predicted molar refractivity (Wildman–Crippen MR) is 172 cm³/mol. The van der Waals surface area contributed by atoms with Crippen LogP contribution in [0.3, 0.4) is 0 Å².